The second kappa shape index (κ2) is 8.91. The number of carbonyl (C=O) groups excluding carboxylic acids is 1. The minimum Gasteiger partial charge on any atom is -0.481 e. The van der Waals surface area contributed by atoms with Gasteiger partial charge in [-0.1, -0.05) is 11.6 Å². The molecule has 0 spiro atoms. The number of nitrogens with zero attached hydrogens (tertiary/aromatic N) is 2. The summed E-state index contributed by atoms with van der Waals surface area (Å²) in [6.45, 7) is -1.03. The smallest absolute Gasteiger partial charge is 0.304 e. The van der Waals surface area contributed by atoms with Gasteiger partial charge in [0, 0.05) is 29.3 Å². The van der Waals surface area contributed by atoms with Gasteiger partial charge in [0.05, 0.1) is 22.8 Å². The van der Waals surface area contributed by atoms with Crippen molar-refractivity contribution in [1.29, 1.82) is 0 Å². The fraction of sp³-hybridized carbons (Fsp3) is 0.176. The lowest BCUT2D eigenvalue weighted by Crippen LogP contribution is -2.37. The van der Waals surface area contributed by atoms with E-state index in [1.54, 1.807) is 0 Å². The van der Waals surface area contributed by atoms with Crippen molar-refractivity contribution in [3.63, 3.8) is 0 Å². The summed E-state index contributed by atoms with van der Waals surface area (Å²) >= 11 is 5.76. The van der Waals surface area contributed by atoms with Crippen molar-refractivity contribution in [3.8, 4) is 0 Å². The molecule has 148 valence electrons. The summed E-state index contributed by atoms with van der Waals surface area (Å²) in [4.78, 5) is 33.1. The van der Waals surface area contributed by atoms with Gasteiger partial charge in [-0.15, -0.1) is 0 Å². The summed E-state index contributed by atoms with van der Waals surface area (Å²) in [7, 11) is -4.25. The SMILES string of the molecule is O=C(O)CCN(CC(=O)c1ccc(Cl)cc1)S(=O)(=O)c1ccc([N+](=O)[O-])cc1. The van der Waals surface area contributed by atoms with Crippen LogP contribution in [-0.4, -0.2) is 47.6 Å². The first kappa shape index (κ1) is 21.5. The number of carbonyl (C=O) groups is 2. The number of hydrogen-bond donors (Lipinski definition) is 1. The number of sulfonamides is 1. The van der Waals surface area contributed by atoms with Crippen LogP contribution in [0.5, 0.6) is 0 Å². The average Bonchev–Trinajstić information content (AvgIpc) is 2.65. The van der Waals surface area contributed by atoms with Crippen LogP contribution in [0.3, 0.4) is 0 Å². The van der Waals surface area contributed by atoms with Gasteiger partial charge in [-0.2, -0.15) is 4.31 Å². The number of halogens is 1. The molecule has 0 unspecified atom stereocenters. The number of carboxylic acids is 1. The van der Waals surface area contributed by atoms with Crippen molar-refractivity contribution < 1.29 is 28.0 Å². The quantitative estimate of drug-likeness (QED) is 0.369. The zero-order valence-electron chi connectivity index (χ0n) is 14.3. The second-order valence-electron chi connectivity index (χ2n) is 5.66. The van der Waals surface area contributed by atoms with E-state index in [0.717, 1.165) is 28.6 Å². The molecule has 0 bridgehead atoms. The molecular formula is C17H15ClN2O7S. The monoisotopic (exact) mass is 426 g/mol. The number of aliphatic carboxylic acids is 1. The molecule has 1 N–H and O–H groups in total. The highest BCUT2D eigenvalue weighted by molar-refractivity contribution is 7.89. The van der Waals surface area contributed by atoms with Gasteiger partial charge in [-0.25, -0.2) is 8.42 Å². The van der Waals surface area contributed by atoms with Crippen molar-refractivity contribution in [2.75, 3.05) is 13.1 Å². The Balaban J connectivity index is 2.32. The molecule has 2 aromatic rings. The molecule has 11 heteroatoms. The van der Waals surface area contributed by atoms with Crippen LogP contribution in [0.25, 0.3) is 0 Å². The summed E-state index contributed by atoms with van der Waals surface area (Å²) in [5.74, 6) is -1.78. The van der Waals surface area contributed by atoms with Crippen LogP contribution in [0.15, 0.2) is 53.4 Å². The summed E-state index contributed by atoms with van der Waals surface area (Å²) in [6, 6.07) is 9.91. The fourth-order valence-electron chi connectivity index (χ4n) is 2.28. The zero-order chi connectivity index (χ0) is 20.9. The van der Waals surface area contributed by atoms with E-state index in [1.165, 1.54) is 24.3 Å². The topological polar surface area (TPSA) is 135 Å². The highest BCUT2D eigenvalue weighted by atomic mass is 35.5. The number of ketones is 1. The lowest BCUT2D eigenvalue weighted by atomic mass is 10.1. The van der Waals surface area contributed by atoms with E-state index >= 15 is 0 Å². The van der Waals surface area contributed by atoms with E-state index in [-0.39, 0.29) is 16.1 Å². The highest BCUT2D eigenvalue weighted by Gasteiger charge is 2.28. The van der Waals surface area contributed by atoms with E-state index in [9.17, 15) is 28.1 Å². The maximum Gasteiger partial charge on any atom is 0.304 e. The largest absolute Gasteiger partial charge is 0.481 e. The van der Waals surface area contributed by atoms with Gasteiger partial charge in [0.25, 0.3) is 5.69 Å². The molecule has 9 nitrogen and oxygen atoms in total. The van der Waals surface area contributed by atoms with Crippen molar-refractivity contribution >= 4 is 39.1 Å². The Kier molecular flexibility index (Phi) is 6.84. The summed E-state index contributed by atoms with van der Waals surface area (Å²) in [5.41, 5.74) is -0.0862. The van der Waals surface area contributed by atoms with Gasteiger partial charge in [0.15, 0.2) is 5.78 Å². The van der Waals surface area contributed by atoms with Crippen LogP contribution >= 0.6 is 11.6 Å². The third-order valence-electron chi connectivity index (χ3n) is 3.75. The molecule has 0 saturated heterocycles. The number of benzene rings is 2. The van der Waals surface area contributed by atoms with E-state index in [1.807, 2.05) is 0 Å². The Hall–Kier alpha value is -2.82. The summed E-state index contributed by atoms with van der Waals surface area (Å²) < 4.78 is 26.4. The normalized spacial score (nSPS) is 11.4. The first-order valence-corrected chi connectivity index (χ1v) is 9.68. The third kappa shape index (κ3) is 5.35. The number of rotatable bonds is 9. The molecule has 0 saturated carbocycles. The number of non-ortho nitro benzene ring substituents is 1. The van der Waals surface area contributed by atoms with Crippen molar-refractivity contribution in [3.05, 3.63) is 69.2 Å². The van der Waals surface area contributed by atoms with E-state index in [4.69, 9.17) is 16.7 Å². The van der Waals surface area contributed by atoms with Crippen LogP contribution in [0.2, 0.25) is 5.02 Å². The number of hydrogen-bond acceptors (Lipinski definition) is 6. The number of Topliss-reactive ketones (excluding diaryl/α,β-unsaturated/α-hetero) is 1. The molecule has 0 radical (unpaired) electrons. The first-order valence-electron chi connectivity index (χ1n) is 7.86. The first-order chi connectivity index (χ1) is 13.1. The van der Waals surface area contributed by atoms with Gasteiger partial charge in [-0.05, 0) is 36.4 Å². The van der Waals surface area contributed by atoms with Crippen molar-refractivity contribution in [2.45, 2.75) is 11.3 Å². The molecular weight excluding hydrogens is 412 g/mol. The highest BCUT2D eigenvalue weighted by Crippen LogP contribution is 2.21. The Morgan fingerprint density at radius 1 is 1.07 bits per heavy atom. The minimum absolute atomic E-state index is 0.212. The Morgan fingerprint density at radius 3 is 2.14 bits per heavy atom. The second-order valence-corrected chi connectivity index (χ2v) is 8.04. The predicted octanol–water partition coefficient (Wildman–Crippen LogP) is 2.60. The molecule has 28 heavy (non-hydrogen) atoms. The predicted molar refractivity (Wildman–Crippen MR) is 99.9 cm³/mol. The van der Waals surface area contributed by atoms with E-state index in [2.05, 4.69) is 0 Å². The Labute approximate surface area is 165 Å². The van der Waals surface area contributed by atoms with Crippen LogP contribution in [0.4, 0.5) is 5.69 Å². The van der Waals surface area contributed by atoms with E-state index < -0.39 is 46.2 Å². The maximum atomic E-state index is 12.8. The van der Waals surface area contributed by atoms with Crippen LogP contribution < -0.4 is 0 Å². The molecule has 2 rings (SSSR count). The lowest BCUT2D eigenvalue weighted by molar-refractivity contribution is -0.384. The molecule has 0 aliphatic carbocycles. The summed E-state index contributed by atoms with van der Waals surface area (Å²) in [5, 5.41) is 20.0. The third-order valence-corrected chi connectivity index (χ3v) is 5.86. The summed E-state index contributed by atoms with van der Waals surface area (Å²) in [6.07, 6.45) is -0.514. The van der Waals surface area contributed by atoms with Crippen molar-refractivity contribution in [1.82, 2.24) is 4.31 Å². The van der Waals surface area contributed by atoms with Gasteiger partial charge >= 0.3 is 5.97 Å². The van der Waals surface area contributed by atoms with Crippen LogP contribution in [0, 0.1) is 10.1 Å². The van der Waals surface area contributed by atoms with Crippen LogP contribution in [-0.2, 0) is 14.8 Å². The van der Waals surface area contributed by atoms with Gasteiger partial charge < -0.3 is 5.11 Å². The maximum absolute atomic E-state index is 12.8. The molecule has 0 aromatic heterocycles. The average molecular weight is 427 g/mol. The number of carboxylic acid groups (broad SMARTS) is 1. The lowest BCUT2D eigenvalue weighted by Gasteiger charge is -2.21. The standard InChI is InChI=1S/C17H15ClN2O7S/c18-13-3-1-12(2-4-13)16(21)11-19(10-9-17(22)23)28(26,27)15-7-5-14(6-8-15)20(24)25/h1-8H,9-11H2,(H,22,23). The Bertz CT molecular complexity index is 989. The molecule has 0 atom stereocenters. The van der Waals surface area contributed by atoms with Gasteiger partial charge in [0.2, 0.25) is 10.0 Å². The minimum atomic E-state index is -4.25. The van der Waals surface area contributed by atoms with Crippen LogP contribution in [0.1, 0.15) is 16.8 Å². The van der Waals surface area contributed by atoms with Crippen molar-refractivity contribution in [2.24, 2.45) is 0 Å². The molecule has 0 aliphatic rings. The zero-order valence-corrected chi connectivity index (χ0v) is 15.9. The molecule has 0 amide bonds. The Morgan fingerprint density at radius 2 is 1.64 bits per heavy atom. The molecule has 2 aromatic carbocycles. The number of nitro benzene ring substituents is 1. The number of nitro groups is 1. The van der Waals surface area contributed by atoms with Gasteiger partial charge in [-0.3, -0.25) is 19.7 Å². The van der Waals surface area contributed by atoms with Gasteiger partial charge in [0.1, 0.15) is 0 Å². The molecule has 0 fully saturated rings. The fourth-order valence-corrected chi connectivity index (χ4v) is 3.80. The molecule has 0 aliphatic heterocycles. The molecule has 0 heterocycles. The van der Waals surface area contributed by atoms with E-state index in [0.29, 0.717) is 5.02 Å².